The Kier molecular flexibility index (Phi) is 3.54. The topological polar surface area (TPSA) is 27.6 Å². The number of allylic oxidation sites excluding steroid dienone is 1. The van der Waals surface area contributed by atoms with Crippen LogP contribution in [0.15, 0.2) is 30.0 Å². The van der Waals surface area contributed by atoms with Crippen molar-refractivity contribution in [1.29, 1.82) is 0 Å². The van der Waals surface area contributed by atoms with Crippen molar-refractivity contribution in [1.82, 2.24) is 10.2 Å². The first-order chi connectivity index (χ1) is 5.84. The largest absolute Gasteiger partial charge is 0.355 e. The van der Waals surface area contributed by atoms with Crippen LogP contribution in [0.4, 0.5) is 0 Å². The van der Waals surface area contributed by atoms with E-state index in [2.05, 4.69) is 28.4 Å². The van der Waals surface area contributed by atoms with Crippen LogP contribution >= 0.6 is 0 Å². The number of hydrogen-bond acceptors (Lipinski definition) is 3. The fourth-order valence-corrected chi connectivity index (χ4v) is 1.14. The molecule has 1 aliphatic rings. The van der Waals surface area contributed by atoms with Gasteiger partial charge in [-0.3, -0.25) is 0 Å². The second-order valence-corrected chi connectivity index (χ2v) is 2.67. The molecule has 1 heterocycles. The van der Waals surface area contributed by atoms with Crippen LogP contribution in [0.25, 0.3) is 0 Å². The first kappa shape index (κ1) is 9.00. The summed E-state index contributed by atoms with van der Waals surface area (Å²) in [7, 11) is 0. The number of nitrogens with zero attached hydrogens (tertiary/aromatic N) is 2. The normalized spacial score (nSPS) is 18.2. The van der Waals surface area contributed by atoms with E-state index in [0.29, 0.717) is 0 Å². The molecule has 0 atom stereocenters. The molecule has 1 rings (SSSR count). The van der Waals surface area contributed by atoms with E-state index < -0.39 is 0 Å². The van der Waals surface area contributed by atoms with Gasteiger partial charge < -0.3 is 10.2 Å². The number of piperazine rings is 1. The minimum atomic E-state index is 0.830. The van der Waals surface area contributed by atoms with E-state index in [1.165, 1.54) is 0 Å². The highest BCUT2D eigenvalue weighted by Crippen LogP contribution is 2.03. The van der Waals surface area contributed by atoms with E-state index in [1.807, 2.05) is 0 Å². The Morgan fingerprint density at radius 2 is 2.08 bits per heavy atom. The van der Waals surface area contributed by atoms with Crippen LogP contribution in [0.3, 0.4) is 0 Å². The van der Waals surface area contributed by atoms with Crippen LogP contribution in [0, 0.1) is 0 Å². The second kappa shape index (κ2) is 4.72. The molecule has 66 valence electrons. The highest BCUT2D eigenvalue weighted by molar-refractivity contribution is 5.71. The van der Waals surface area contributed by atoms with E-state index in [9.17, 15) is 0 Å². The Labute approximate surface area is 73.5 Å². The van der Waals surface area contributed by atoms with Gasteiger partial charge in [0.2, 0.25) is 0 Å². The Hall–Kier alpha value is -1.09. The molecule has 0 radical (unpaired) electrons. The molecule has 1 N–H and O–H groups in total. The lowest BCUT2D eigenvalue weighted by Crippen LogP contribution is -2.42. The molecular formula is C9H15N3. The van der Waals surface area contributed by atoms with Crippen molar-refractivity contribution in [3.63, 3.8) is 0 Å². The van der Waals surface area contributed by atoms with Crippen molar-refractivity contribution < 1.29 is 0 Å². The molecule has 1 fully saturated rings. The van der Waals surface area contributed by atoms with E-state index >= 15 is 0 Å². The maximum absolute atomic E-state index is 4.13. The average molecular weight is 165 g/mol. The molecule has 0 aliphatic carbocycles. The number of aliphatic imine (C=N–C) groups is 1. The second-order valence-electron chi connectivity index (χ2n) is 2.67. The fourth-order valence-electron chi connectivity index (χ4n) is 1.14. The third-order valence-corrected chi connectivity index (χ3v) is 1.81. The average Bonchev–Trinajstić information content (AvgIpc) is 2.15. The highest BCUT2D eigenvalue weighted by Gasteiger charge is 2.09. The summed E-state index contributed by atoms with van der Waals surface area (Å²) in [6, 6.07) is 0. The minimum absolute atomic E-state index is 0.830. The number of rotatable bonds is 3. The third-order valence-electron chi connectivity index (χ3n) is 1.81. The van der Waals surface area contributed by atoms with Crippen LogP contribution in [-0.2, 0) is 0 Å². The predicted octanol–water partition coefficient (Wildman–Crippen LogP) is 0.620. The van der Waals surface area contributed by atoms with Gasteiger partial charge in [-0.15, -0.1) is 0 Å². The van der Waals surface area contributed by atoms with E-state index in [-0.39, 0.29) is 0 Å². The molecule has 1 saturated heterocycles. The van der Waals surface area contributed by atoms with Gasteiger partial charge in [0, 0.05) is 32.4 Å². The Morgan fingerprint density at radius 1 is 1.42 bits per heavy atom. The summed E-state index contributed by atoms with van der Waals surface area (Å²) in [6.45, 7) is 11.4. The minimum Gasteiger partial charge on any atom is -0.355 e. The lowest BCUT2D eigenvalue weighted by atomic mass is 10.4. The Balaban J connectivity index is 2.39. The molecule has 0 aromatic heterocycles. The molecule has 0 bridgehead atoms. The van der Waals surface area contributed by atoms with Gasteiger partial charge in [0.05, 0.1) is 0 Å². The van der Waals surface area contributed by atoms with Crippen LogP contribution in [-0.4, -0.2) is 37.3 Å². The summed E-state index contributed by atoms with van der Waals surface area (Å²) in [5.74, 6) is 0.830. The monoisotopic (exact) mass is 165 g/mol. The lowest BCUT2D eigenvalue weighted by molar-refractivity contribution is 0.298. The van der Waals surface area contributed by atoms with E-state index in [4.69, 9.17) is 0 Å². The summed E-state index contributed by atoms with van der Waals surface area (Å²) in [4.78, 5) is 6.29. The summed E-state index contributed by atoms with van der Waals surface area (Å²) in [6.07, 6.45) is 3.33. The first-order valence-electron chi connectivity index (χ1n) is 4.14. The van der Waals surface area contributed by atoms with Crippen molar-refractivity contribution in [2.45, 2.75) is 0 Å². The van der Waals surface area contributed by atoms with Gasteiger partial charge in [-0.25, -0.2) is 4.99 Å². The lowest BCUT2D eigenvalue weighted by Gasteiger charge is -2.28. The molecule has 1 aliphatic heterocycles. The molecule has 0 unspecified atom stereocenters. The van der Waals surface area contributed by atoms with Gasteiger partial charge in [0.1, 0.15) is 5.82 Å². The van der Waals surface area contributed by atoms with Gasteiger partial charge in [-0.05, 0) is 0 Å². The summed E-state index contributed by atoms with van der Waals surface area (Å²) < 4.78 is 0. The quantitative estimate of drug-likeness (QED) is 0.621. The molecule has 0 saturated carbocycles. The van der Waals surface area contributed by atoms with Gasteiger partial charge in [0.25, 0.3) is 0 Å². The molecule has 3 heteroatoms. The van der Waals surface area contributed by atoms with Gasteiger partial charge in [-0.1, -0.05) is 19.2 Å². The standard InChI is InChI=1S/C9H15N3/c1-3-4-11-9(2)12-7-5-10-6-8-12/h3-4,10H,1-2,5-8H2/b11-4-. The van der Waals surface area contributed by atoms with Crippen LogP contribution in [0.1, 0.15) is 0 Å². The Morgan fingerprint density at radius 3 is 2.67 bits per heavy atom. The summed E-state index contributed by atoms with van der Waals surface area (Å²) in [5, 5.41) is 3.27. The van der Waals surface area contributed by atoms with Crippen molar-refractivity contribution >= 4 is 6.21 Å². The molecule has 12 heavy (non-hydrogen) atoms. The summed E-state index contributed by atoms with van der Waals surface area (Å²) >= 11 is 0. The van der Waals surface area contributed by atoms with Crippen molar-refractivity contribution in [2.24, 2.45) is 4.99 Å². The molecule has 3 nitrogen and oxygen atoms in total. The third kappa shape index (κ3) is 2.51. The van der Waals surface area contributed by atoms with Crippen molar-refractivity contribution in [3.8, 4) is 0 Å². The van der Waals surface area contributed by atoms with Crippen molar-refractivity contribution in [3.05, 3.63) is 25.1 Å². The molecule has 0 aromatic rings. The van der Waals surface area contributed by atoms with Crippen LogP contribution < -0.4 is 5.32 Å². The molecule has 0 spiro atoms. The van der Waals surface area contributed by atoms with Crippen LogP contribution in [0.5, 0.6) is 0 Å². The summed E-state index contributed by atoms with van der Waals surface area (Å²) in [5.41, 5.74) is 0. The van der Waals surface area contributed by atoms with Gasteiger partial charge in [-0.2, -0.15) is 0 Å². The smallest absolute Gasteiger partial charge is 0.121 e. The maximum Gasteiger partial charge on any atom is 0.121 e. The molecule has 0 aromatic carbocycles. The zero-order valence-corrected chi connectivity index (χ0v) is 7.29. The van der Waals surface area contributed by atoms with Crippen molar-refractivity contribution in [2.75, 3.05) is 26.2 Å². The number of hydrogen-bond donors (Lipinski definition) is 1. The predicted molar refractivity (Wildman–Crippen MR) is 52.3 cm³/mol. The van der Waals surface area contributed by atoms with Crippen LogP contribution in [0.2, 0.25) is 0 Å². The SMILES string of the molecule is C=C/C=N\C(=C)N1CCNCC1. The zero-order valence-electron chi connectivity index (χ0n) is 7.29. The highest BCUT2D eigenvalue weighted by atomic mass is 15.2. The van der Waals surface area contributed by atoms with Gasteiger partial charge in [0.15, 0.2) is 0 Å². The molecular weight excluding hydrogens is 150 g/mol. The fraction of sp³-hybridized carbons (Fsp3) is 0.444. The van der Waals surface area contributed by atoms with Gasteiger partial charge >= 0.3 is 0 Å². The number of nitrogens with one attached hydrogen (secondary N) is 1. The maximum atomic E-state index is 4.13. The first-order valence-corrected chi connectivity index (χ1v) is 4.14. The zero-order chi connectivity index (χ0) is 8.81. The van der Waals surface area contributed by atoms with E-state index in [0.717, 1.165) is 32.0 Å². The Bertz CT molecular complexity index is 190. The van der Waals surface area contributed by atoms with E-state index in [1.54, 1.807) is 12.3 Å². The molecule has 0 amide bonds.